The maximum atomic E-state index is 12.8. The van der Waals surface area contributed by atoms with Crippen LogP contribution in [-0.4, -0.2) is 24.4 Å². The third-order valence-corrected chi connectivity index (χ3v) is 5.33. The van der Waals surface area contributed by atoms with Gasteiger partial charge in [0.05, 0.1) is 22.1 Å². The van der Waals surface area contributed by atoms with Crippen molar-refractivity contribution in [2.45, 2.75) is 20.0 Å². The van der Waals surface area contributed by atoms with Crippen LogP contribution in [0.5, 0.6) is 11.5 Å². The van der Waals surface area contributed by atoms with Gasteiger partial charge in [0.1, 0.15) is 17.2 Å². The van der Waals surface area contributed by atoms with Crippen molar-refractivity contribution in [2.75, 3.05) is 24.3 Å². The lowest BCUT2D eigenvalue weighted by atomic mass is 10.2. The standard InChI is InChI=1S/C18H18ClF3N2O5P/c1-3-23(11-30(27)28-4-2)16-10-13(6-7-15(16)24(25)26)29-17-8-5-12(9-14(17)19)18(20,21)22/h5-10H,3-4,11H2,1-2H3/q+1. The Hall–Kier alpha value is -2.42. The molecule has 1 unspecified atom stereocenters. The molecular formula is C18H18ClF3N2O5P+. The van der Waals surface area contributed by atoms with Gasteiger partial charge in [-0.1, -0.05) is 11.6 Å². The minimum atomic E-state index is -4.55. The van der Waals surface area contributed by atoms with Crippen LogP contribution >= 0.6 is 19.6 Å². The average molecular weight is 466 g/mol. The first-order valence-corrected chi connectivity index (χ1v) is 10.5. The predicted octanol–water partition coefficient (Wildman–Crippen LogP) is 6.62. The highest BCUT2D eigenvalue weighted by Gasteiger charge is 2.31. The van der Waals surface area contributed by atoms with Gasteiger partial charge in [0, 0.05) is 18.7 Å². The van der Waals surface area contributed by atoms with Gasteiger partial charge in [-0.25, -0.2) is 0 Å². The fraction of sp³-hybridized carbons (Fsp3) is 0.333. The fourth-order valence-electron chi connectivity index (χ4n) is 2.53. The quantitative estimate of drug-likeness (QED) is 0.235. The number of alkyl halides is 3. The molecule has 1 atom stereocenters. The van der Waals surface area contributed by atoms with Crippen molar-refractivity contribution < 1.29 is 31.9 Å². The Morgan fingerprint density at radius 2 is 1.90 bits per heavy atom. The summed E-state index contributed by atoms with van der Waals surface area (Å²) in [6.07, 6.45) is -4.63. The highest BCUT2D eigenvalue weighted by Crippen LogP contribution is 2.39. The molecule has 0 heterocycles. The van der Waals surface area contributed by atoms with Gasteiger partial charge in [0.15, 0.2) is 0 Å². The van der Waals surface area contributed by atoms with Crippen LogP contribution in [0.3, 0.4) is 0 Å². The second-order valence-electron chi connectivity index (χ2n) is 5.90. The number of rotatable bonds is 9. The van der Waals surface area contributed by atoms with Crippen molar-refractivity contribution in [3.8, 4) is 11.5 Å². The summed E-state index contributed by atoms with van der Waals surface area (Å²) in [6, 6.07) is 6.44. The van der Waals surface area contributed by atoms with E-state index >= 15 is 0 Å². The van der Waals surface area contributed by atoms with Crippen molar-refractivity contribution >= 4 is 31.0 Å². The number of halogens is 4. The topological polar surface area (TPSA) is 81.9 Å². The van der Waals surface area contributed by atoms with Crippen molar-refractivity contribution in [1.29, 1.82) is 0 Å². The largest absolute Gasteiger partial charge is 0.530 e. The number of nitro groups is 1. The average Bonchev–Trinajstić information content (AvgIpc) is 2.66. The Morgan fingerprint density at radius 3 is 2.43 bits per heavy atom. The molecule has 0 N–H and O–H groups in total. The zero-order valence-corrected chi connectivity index (χ0v) is 17.6. The van der Waals surface area contributed by atoms with Gasteiger partial charge in [0.25, 0.3) is 12.0 Å². The number of hydrogen-bond donors (Lipinski definition) is 0. The van der Waals surface area contributed by atoms with Crippen LogP contribution < -0.4 is 9.64 Å². The van der Waals surface area contributed by atoms with Gasteiger partial charge in [-0.05, 0) is 42.7 Å². The Morgan fingerprint density at radius 1 is 1.20 bits per heavy atom. The molecule has 0 radical (unpaired) electrons. The SMILES string of the molecule is CCO[P+](=O)CN(CC)c1cc(Oc2ccc(C(F)(F)F)cc2Cl)ccc1[N+](=O)[O-]. The Bertz CT molecular complexity index is 943. The van der Waals surface area contributed by atoms with E-state index in [1.807, 2.05) is 0 Å². The molecule has 0 amide bonds. The lowest BCUT2D eigenvalue weighted by molar-refractivity contribution is -0.384. The van der Waals surface area contributed by atoms with Gasteiger partial charge in [0.2, 0.25) is 0 Å². The van der Waals surface area contributed by atoms with E-state index in [9.17, 15) is 27.9 Å². The number of benzene rings is 2. The number of nitrogens with zero attached hydrogens (tertiary/aromatic N) is 2. The van der Waals surface area contributed by atoms with Crippen LogP contribution in [0.4, 0.5) is 24.5 Å². The first kappa shape index (κ1) is 23.9. The second-order valence-corrected chi connectivity index (χ2v) is 7.51. The molecule has 0 aliphatic rings. The molecule has 0 saturated heterocycles. The van der Waals surface area contributed by atoms with E-state index in [1.165, 1.54) is 23.1 Å². The third kappa shape index (κ3) is 6.04. The molecular weight excluding hydrogens is 448 g/mol. The predicted molar refractivity (Wildman–Crippen MR) is 107 cm³/mol. The summed E-state index contributed by atoms with van der Waals surface area (Å²) in [5.41, 5.74) is -1.05. The maximum Gasteiger partial charge on any atom is 0.530 e. The van der Waals surface area contributed by atoms with E-state index in [-0.39, 0.29) is 40.8 Å². The number of anilines is 1. The molecule has 0 saturated carbocycles. The lowest BCUT2D eigenvalue weighted by Gasteiger charge is -2.18. The van der Waals surface area contributed by atoms with Crippen LogP contribution in [0.1, 0.15) is 19.4 Å². The molecule has 2 aromatic carbocycles. The minimum absolute atomic E-state index is 0.0482. The van der Waals surface area contributed by atoms with Crippen molar-refractivity contribution in [1.82, 2.24) is 0 Å². The number of hydrogen-bond acceptors (Lipinski definition) is 6. The Balaban J connectivity index is 2.38. The fourth-order valence-corrected chi connectivity index (χ4v) is 3.75. The van der Waals surface area contributed by atoms with E-state index in [0.29, 0.717) is 6.54 Å². The summed E-state index contributed by atoms with van der Waals surface area (Å²) >= 11 is 5.90. The number of nitro benzene ring substituents is 1. The molecule has 0 spiro atoms. The highest BCUT2D eigenvalue weighted by molar-refractivity contribution is 7.39. The zero-order chi connectivity index (χ0) is 22.5. The van der Waals surface area contributed by atoms with Gasteiger partial charge in [-0.15, -0.1) is 4.52 Å². The van der Waals surface area contributed by atoms with Gasteiger partial charge < -0.3 is 9.64 Å². The molecule has 2 rings (SSSR count). The molecule has 30 heavy (non-hydrogen) atoms. The lowest BCUT2D eigenvalue weighted by Crippen LogP contribution is -2.23. The molecule has 2 aromatic rings. The smallest absolute Gasteiger partial charge is 0.456 e. The molecule has 12 heteroatoms. The highest BCUT2D eigenvalue weighted by atomic mass is 35.5. The van der Waals surface area contributed by atoms with Crippen LogP contribution in [0.15, 0.2) is 36.4 Å². The summed E-state index contributed by atoms with van der Waals surface area (Å²) in [5.74, 6) is 0.0651. The van der Waals surface area contributed by atoms with Crippen LogP contribution in [0.25, 0.3) is 0 Å². The van der Waals surface area contributed by atoms with Crippen molar-refractivity contribution in [3.05, 3.63) is 57.1 Å². The number of ether oxygens (including phenoxy) is 1. The van der Waals surface area contributed by atoms with Crippen LogP contribution in [0, 0.1) is 10.1 Å². The molecule has 0 aliphatic carbocycles. The van der Waals surface area contributed by atoms with E-state index in [0.717, 1.165) is 18.2 Å². The summed E-state index contributed by atoms with van der Waals surface area (Å²) in [4.78, 5) is 12.3. The Kier molecular flexibility index (Phi) is 8.00. The Labute approximate surface area is 176 Å². The first-order chi connectivity index (χ1) is 14.1. The molecule has 0 bridgehead atoms. The normalized spacial score (nSPS) is 11.9. The maximum absolute atomic E-state index is 12.8. The molecule has 7 nitrogen and oxygen atoms in total. The van der Waals surface area contributed by atoms with Crippen molar-refractivity contribution in [2.24, 2.45) is 0 Å². The summed E-state index contributed by atoms with van der Waals surface area (Å²) in [6.45, 7) is 3.91. The monoisotopic (exact) mass is 465 g/mol. The summed E-state index contributed by atoms with van der Waals surface area (Å²) < 4.78 is 60.9. The van der Waals surface area contributed by atoms with Crippen LogP contribution in [-0.2, 0) is 15.3 Å². The zero-order valence-electron chi connectivity index (χ0n) is 16.0. The molecule has 0 fully saturated rings. The van der Waals surface area contributed by atoms with Crippen LogP contribution in [0.2, 0.25) is 5.02 Å². The summed E-state index contributed by atoms with van der Waals surface area (Å²) in [7, 11) is -2.07. The van der Waals surface area contributed by atoms with E-state index in [2.05, 4.69) is 0 Å². The van der Waals surface area contributed by atoms with E-state index in [1.54, 1.807) is 13.8 Å². The second kappa shape index (κ2) is 10.1. The first-order valence-electron chi connectivity index (χ1n) is 8.72. The molecule has 0 aromatic heterocycles. The van der Waals surface area contributed by atoms with Crippen molar-refractivity contribution in [3.63, 3.8) is 0 Å². The van der Waals surface area contributed by atoms with Gasteiger partial charge in [-0.3, -0.25) is 10.1 Å². The third-order valence-electron chi connectivity index (χ3n) is 3.91. The molecule has 0 aliphatic heterocycles. The molecule has 162 valence electrons. The van der Waals surface area contributed by atoms with Gasteiger partial charge in [-0.2, -0.15) is 13.2 Å². The van der Waals surface area contributed by atoms with E-state index < -0.39 is 24.7 Å². The summed E-state index contributed by atoms with van der Waals surface area (Å²) in [5, 5.41) is 11.1. The van der Waals surface area contributed by atoms with Gasteiger partial charge >= 0.3 is 14.2 Å². The van der Waals surface area contributed by atoms with E-state index in [4.69, 9.17) is 20.9 Å². The minimum Gasteiger partial charge on any atom is -0.456 e.